The number of anilines is 3. The normalized spacial score (nSPS) is 14.7. The zero-order chi connectivity index (χ0) is 20.5. The lowest BCUT2D eigenvalue weighted by atomic mass is 10.2. The van der Waals surface area contributed by atoms with E-state index in [4.69, 9.17) is 14.7 Å². The second-order valence-corrected chi connectivity index (χ2v) is 7.57. The summed E-state index contributed by atoms with van der Waals surface area (Å²) in [4.78, 5) is 23.8. The summed E-state index contributed by atoms with van der Waals surface area (Å²) in [6, 6.07) is 6.27. The van der Waals surface area contributed by atoms with E-state index in [2.05, 4.69) is 61.8 Å². The highest BCUT2D eigenvalue weighted by Gasteiger charge is 2.18. The first kappa shape index (κ1) is 18.8. The molecule has 4 aromatic rings. The van der Waals surface area contributed by atoms with Gasteiger partial charge in [0.1, 0.15) is 11.3 Å². The summed E-state index contributed by atoms with van der Waals surface area (Å²) in [5, 5.41) is 3.45. The third-order valence-electron chi connectivity index (χ3n) is 5.50. The van der Waals surface area contributed by atoms with Gasteiger partial charge in [-0.15, -0.1) is 0 Å². The van der Waals surface area contributed by atoms with Crippen LogP contribution < -0.4 is 10.2 Å². The van der Waals surface area contributed by atoms with E-state index in [0.717, 1.165) is 60.5 Å². The third kappa shape index (κ3) is 3.45. The molecule has 9 nitrogen and oxygen atoms in total. The molecule has 0 radical (unpaired) electrons. The Balaban J connectivity index is 1.49. The molecular formula is C21H26N8O. The number of rotatable bonds is 6. The summed E-state index contributed by atoms with van der Waals surface area (Å²) < 4.78 is 7.74. The quantitative estimate of drug-likeness (QED) is 0.506. The number of morpholine rings is 1. The van der Waals surface area contributed by atoms with Gasteiger partial charge in [0, 0.05) is 25.3 Å². The van der Waals surface area contributed by atoms with Crippen LogP contribution in [0, 0.1) is 6.92 Å². The number of benzene rings is 1. The van der Waals surface area contributed by atoms with Crippen molar-refractivity contribution in [2.45, 2.75) is 33.2 Å². The van der Waals surface area contributed by atoms with Crippen LogP contribution in [0.15, 0.2) is 24.5 Å². The number of ether oxygens (including phenoxy) is 1. The molecule has 0 aliphatic carbocycles. The van der Waals surface area contributed by atoms with E-state index in [1.54, 1.807) is 6.33 Å². The SMILES string of the molecule is CCCCn1c(C)nc2cc(Nc3nc(N4CCOCC4)nc4nc[nH]c34)ccc21. The molecule has 1 saturated heterocycles. The van der Waals surface area contributed by atoms with E-state index in [1.807, 2.05) is 0 Å². The fourth-order valence-electron chi connectivity index (χ4n) is 3.88. The number of nitrogens with one attached hydrogen (secondary N) is 2. The average molecular weight is 406 g/mol. The van der Waals surface area contributed by atoms with Gasteiger partial charge in [0.2, 0.25) is 5.95 Å². The van der Waals surface area contributed by atoms with Gasteiger partial charge >= 0.3 is 0 Å². The Kier molecular flexibility index (Phi) is 4.96. The van der Waals surface area contributed by atoms with Crippen molar-refractivity contribution in [1.82, 2.24) is 29.5 Å². The number of H-pyrrole nitrogens is 1. The highest BCUT2D eigenvalue weighted by Crippen LogP contribution is 2.27. The van der Waals surface area contributed by atoms with Gasteiger partial charge in [-0.05, 0) is 31.5 Å². The van der Waals surface area contributed by atoms with Crippen molar-refractivity contribution in [2.24, 2.45) is 0 Å². The Morgan fingerprint density at radius 3 is 2.87 bits per heavy atom. The number of aryl methyl sites for hydroxylation is 2. The predicted octanol–water partition coefficient (Wildman–Crippen LogP) is 3.39. The van der Waals surface area contributed by atoms with E-state index in [9.17, 15) is 0 Å². The molecule has 0 amide bonds. The summed E-state index contributed by atoms with van der Waals surface area (Å²) in [5.41, 5.74) is 4.52. The van der Waals surface area contributed by atoms with Crippen LogP contribution in [0.5, 0.6) is 0 Å². The van der Waals surface area contributed by atoms with Gasteiger partial charge in [-0.3, -0.25) is 0 Å². The molecule has 5 rings (SSSR count). The summed E-state index contributed by atoms with van der Waals surface area (Å²) in [7, 11) is 0. The minimum atomic E-state index is 0.648. The monoisotopic (exact) mass is 406 g/mol. The first-order chi connectivity index (χ1) is 14.7. The fourth-order valence-corrected chi connectivity index (χ4v) is 3.88. The van der Waals surface area contributed by atoms with Crippen molar-refractivity contribution in [3.63, 3.8) is 0 Å². The van der Waals surface area contributed by atoms with Crippen molar-refractivity contribution in [1.29, 1.82) is 0 Å². The molecule has 156 valence electrons. The number of imidazole rings is 2. The van der Waals surface area contributed by atoms with Gasteiger partial charge in [0.05, 0.1) is 30.6 Å². The van der Waals surface area contributed by atoms with Crippen LogP contribution in [0.3, 0.4) is 0 Å². The maximum absolute atomic E-state index is 5.45. The lowest BCUT2D eigenvalue weighted by Gasteiger charge is -2.27. The third-order valence-corrected chi connectivity index (χ3v) is 5.50. The van der Waals surface area contributed by atoms with Crippen LogP contribution in [0.2, 0.25) is 0 Å². The smallest absolute Gasteiger partial charge is 0.229 e. The number of hydrogen-bond donors (Lipinski definition) is 2. The average Bonchev–Trinajstić information content (AvgIpc) is 3.36. The highest BCUT2D eigenvalue weighted by molar-refractivity contribution is 5.88. The van der Waals surface area contributed by atoms with Gasteiger partial charge in [-0.2, -0.15) is 9.97 Å². The fraction of sp³-hybridized carbons (Fsp3) is 0.429. The van der Waals surface area contributed by atoms with Crippen molar-refractivity contribution in [3.8, 4) is 0 Å². The molecule has 0 saturated carbocycles. The van der Waals surface area contributed by atoms with Crippen LogP contribution in [0.25, 0.3) is 22.2 Å². The van der Waals surface area contributed by atoms with Crippen LogP contribution in [-0.2, 0) is 11.3 Å². The number of aromatic amines is 1. The first-order valence-corrected chi connectivity index (χ1v) is 10.5. The van der Waals surface area contributed by atoms with E-state index in [1.165, 1.54) is 0 Å². The molecule has 3 aromatic heterocycles. The lowest BCUT2D eigenvalue weighted by Crippen LogP contribution is -2.37. The van der Waals surface area contributed by atoms with Gasteiger partial charge < -0.3 is 24.5 Å². The highest BCUT2D eigenvalue weighted by atomic mass is 16.5. The van der Waals surface area contributed by atoms with Gasteiger partial charge in [0.15, 0.2) is 11.5 Å². The molecule has 4 heterocycles. The number of nitrogens with zero attached hydrogens (tertiary/aromatic N) is 6. The molecule has 1 aromatic carbocycles. The molecule has 1 aliphatic heterocycles. The van der Waals surface area contributed by atoms with E-state index >= 15 is 0 Å². The Morgan fingerprint density at radius 1 is 1.17 bits per heavy atom. The van der Waals surface area contributed by atoms with Gasteiger partial charge in [0.25, 0.3) is 0 Å². The molecular weight excluding hydrogens is 380 g/mol. The van der Waals surface area contributed by atoms with E-state index in [0.29, 0.717) is 30.6 Å². The molecule has 9 heteroatoms. The van der Waals surface area contributed by atoms with Crippen molar-refractivity contribution in [3.05, 3.63) is 30.4 Å². The number of aromatic nitrogens is 6. The Morgan fingerprint density at radius 2 is 2.03 bits per heavy atom. The molecule has 0 bridgehead atoms. The summed E-state index contributed by atoms with van der Waals surface area (Å²) in [5.74, 6) is 2.42. The molecule has 0 unspecified atom stereocenters. The van der Waals surface area contributed by atoms with Crippen molar-refractivity contribution >= 4 is 39.7 Å². The second-order valence-electron chi connectivity index (χ2n) is 7.57. The molecule has 30 heavy (non-hydrogen) atoms. The summed E-state index contributed by atoms with van der Waals surface area (Å²) in [6.07, 6.45) is 3.96. The predicted molar refractivity (Wildman–Crippen MR) is 117 cm³/mol. The van der Waals surface area contributed by atoms with Crippen LogP contribution in [0.1, 0.15) is 25.6 Å². The minimum Gasteiger partial charge on any atom is -0.378 e. The summed E-state index contributed by atoms with van der Waals surface area (Å²) >= 11 is 0. The molecule has 0 atom stereocenters. The maximum atomic E-state index is 5.45. The van der Waals surface area contributed by atoms with Gasteiger partial charge in [-0.1, -0.05) is 13.3 Å². The zero-order valence-electron chi connectivity index (χ0n) is 17.4. The topological polar surface area (TPSA) is 96.8 Å². The molecule has 2 N–H and O–H groups in total. The first-order valence-electron chi connectivity index (χ1n) is 10.5. The van der Waals surface area contributed by atoms with Crippen LogP contribution in [0.4, 0.5) is 17.5 Å². The Bertz CT molecular complexity index is 1170. The van der Waals surface area contributed by atoms with Crippen molar-refractivity contribution in [2.75, 3.05) is 36.5 Å². The Labute approximate surface area is 174 Å². The number of fused-ring (bicyclic) bond motifs is 2. The summed E-state index contributed by atoms with van der Waals surface area (Å²) in [6.45, 7) is 8.18. The van der Waals surface area contributed by atoms with E-state index in [-0.39, 0.29) is 0 Å². The Hall–Kier alpha value is -3.20. The molecule has 1 aliphatic rings. The molecule has 1 fully saturated rings. The maximum Gasteiger partial charge on any atom is 0.229 e. The number of hydrogen-bond acceptors (Lipinski definition) is 7. The van der Waals surface area contributed by atoms with Gasteiger partial charge in [-0.25, -0.2) is 9.97 Å². The largest absolute Gasteiger partial charge is 0.378 e. The van der Waals surface area contributed by atoms with Crippen LogP contribution >= 0.6 is 0 Å². The minimum absolute atomic E-state index is 0.648. The second kappa shape index (κ2) is 7.91. The zero-order valence-corrected chi connectivity index (χ0v) is 17.4. The van der Waals surface area contributed by atoms with E-state index < -0.39 is 0 Å². The molecule has 0 spiro atoms. The standard InChI is InChI=1S/C21H26N8O/c1-3-4-7-29-14(2)24-16-12-15(5-6-17(16)29)25-20-18-19(23-13-22-18)26-21(27-20)28-8-10-30-11-9-28/h5-6,12-13H,3-4,7-11H2,1-2H3,(H2,22,23,25,26,27). The lowest BCUT2D eigenvalue weighted by molar-refractivity contribution is 0.122. The number of unbranched alkanes of at least 4 members (excludes halogenated alkanes) is 1. The van der Waals surface area contributed by atoms with Crippen LogP contribution in [-0.4, -0.2) is 55.8 Å². The van der Waals surface area contributed by atoms with Crippen molar-refractivity contribution < 1.29 is 4.74 Å².